The normalized spacial score (nSPS) is 11.5. The molecule has 0 saturated carbocycles. The highest BCUT2D eigenvalue weighted by Crippen LogP contribution is 2.11. The number of hydrogen-bond acceptors (Lipinski definition) is 3. The molecule has 0 aliphatic rings. The van der Waals surface area contributed by atoms with Crippen molar-refractivity contribution < 1.29 is 9.47 Å². The third-order valence-corrected chi connectivity index (χ3v) is 1.93. The number of hydrogen-bond donors (Lipinski definition) is 0. The number of benzene rings is 1. The molecule has 3 nitrogen and oxygen atoms in total. The number of rotatable bonds is 4. The Labute approximate surface area is 89.6 Å². The minimum atomic E-state index is -0.602. The highest BCUT2D eigenvalue weighted by atomic mass is 16.7. The summed E-state index contributed by atoms with van der Waals surface area (Å²) in [5.41, 5.74) is 1.40. The molecule has 0 radical (unpaired) electrons. The van der Waals surface area contributed by atoms with Gasteiger partial charge < -0.3 is 9.47 Å². The van der Waals surface area contributed by atoms with E-state index in [-0.39, 0.29) is 0 Å². The van der Waals surface area contributed by atoms with Crippen LogP contribution in [0.4, 0.5) is 0 Å². The summed E-state index contributed by atoms with van der Waals surface area (Å²) in [6.07, 6.45) is 1.15. The van der Waals surface area contributed by atoms with Crippen LogP contribution in [0.15, 0.2) is 35.9 Å². The smallest absolute Gasteiger partial charge is 0.193 e. The molecular weight excluding hydrogens is 190 g/mol. The van der Waals surface area contributed by atoms with Crippen LogP contribution in [-0.4, -0.2) is 20.5 Å². The largest absolute Gasteiger partial charge is 0.351 e. The maximum absolute atomic E-state index is 8.94. The standard InChI is InChI=1S/C12H13NO2/c1-14-12(15-2)11(9-13)8-10-6-4-3-5-7-10/h3-8,12H,1-2H3. The summed E-state index contributed by atoms with van der Waals surface area (Å²) in [5, 5.41) is 8.94. The summed E-state index contributed by atoms with van der Waals surface area (Å²) in [7, 11) is 3.01. The van der Waals surface area contributed by atoms with Crippen molar-refractivity contribution in [3.8, 4) is 6.07 Å². The summed E-state index contributed by atoms with van der Waals surface area (Å²) in [4.78, 5) is 0. The molecular formula is C12H13NO2. The van der Waals surface area contributed by atoms with Crippen LogP contribution >= 0.6 is 0 Å². The first kappa shape index (κ1) is 11.4. The maximum Gasteiger partial charge on any atom is 0.193 e. The molecule has 78 valence electrons. The lowest BCUT2D eigenvalue weighted by molar-refractivity contribution is -0.0712. The summed E-state index contributed by atoms with van der Waals surface area (Å²) >= 11 is 0. The van der Waals surface area contributed by atoms with E-state index in [1.165, 1.54) is 14.2 Å². The molecule has 1 aromatic rings. The molecule has 0 bridgehead atoms. The molecule has 0 spiro atoms. The Morgan fingerprint density at radius 2 is 1.87 bits per heavy atom. The zero-order valence-corrected chi connectivity index (χ0v) is 8.81. The zero-order chi connectivity index (χ0) is 11.1. The van der Waals surface area contributed by atoms with Crippen LogP contribution in [-0.2, 0) is 9.47 Å². The molecule has 15 heavy (non-hydrogen) atoms. The summed E-state index contributed by atoms with van der Waals surface area (Å²) < 4.78 is 10.0. The van der Waals surface area contributed by atoms with Crippen LogP contribution in [0, 0.1) is 11.3 Å². The minimum absolute atomic E-state index is 0.450. The molecule has 1 aromatic carbocycles. The van der Waals surface area contributed by atoms with E-state index in [9.17, 15) is 0 Å². The van der Waals surface area contributed by atoms with Crippen molar-refractivity contribution in [2.75, 3.05) is 14.2 Å². The lowest BCUT2D eigenvalue weighted by atomic mass is 10.1. The van der Waals surface area contributed by atoms with Gasteiger partial charge in [-0.05, 0) is 11.6 Å². The fourth-order valence-corrected chi connectivity index (χ4v) is 1.23. The lowest BCUT2D eigenvalue weighted by Crippen LogP contribution is -2.14. The lowest BCUT2D eigenvalue weighted by Gasteiger charge is -2.11. The zero-order valence-electron chi connectivity index (χ0n) is 8.81. The quantitative estimate of drug-likeness (QED) is 0.556. The Morgan fingerprint density at radius 3 is 2.33 bits per heavy atom. The van der Waals surface area contributed by atoms with E-state index in [0.29, 0.717) is 5.57 Å². The molecule has 0 N–H and O–H groups in total. The average Bonchev–Trinajstić information content (AvgIpc) is 2.30. The predicted molar refractivity (Wildman–Crippen MR) is 57.8 cm³/mol. The van der Waals surface area contributed by atoms with E-state index in [1.54, 1.807) is 6.08 Å². The van der Waals surface area contributed by atoms with Crippen molar-refractivity contribution in [3.63, 3.8) is 0 Å². The minimum Gasteiger partial charge on any atom is -0.351 e. The van der Waals surface area contributed by atoms with Crippen molar-refractivity contribution in [1.29, 1.82) is 5.26 Å². The van der Waals surface area contributed by atoms with E-state index >= 15 is 0 Å². The number of nitriles is 1. The maximum atomic E-state index is 8.94. The van der Waals surface area contributed by atoms with Gasteiger partial charge in [-0.15, -0.1) is 0 Å². The Kier molecular flexibility index (Phi) is 4.55. The Morgan fingerprint density at radius 1 is 1.27 bits per heavy atom. The van der Waals surface area contributed by atoms with Crippen molar-refractivity contribution in [1.82, 2.24) is 0 Å². The van der Waals surface area contributed by atoms with Crippen molar-refractivity contribution in [2.24, 2.45) is 0 Å². The molecule has 0 saturated heterocycles. The molecule has 0 heterocycles. The fraction of sp³-hybridized carbons (Fsp3) is 0.250. The topological polar surface area (TPSA) is 42.2 Å². The first-order valence-corrected chi connectivity index (χ1v) is 4.54. The second-order valence-corrected chi connectivity index (χ2v) is 2.93. The molecule has 0 aliphatic heterocycles. The Hall–Kier alpha value is -1.63. The van der Waals surface area contributed by atoms with Crippen LogP contribution in [0.5, 0.6) is 0 Å². The average molecular weight is 203 g/mol. The second-order valence-electron chi connectivity index (χ2n) is 2.93. The molecule has 0 aromatic heterocycles. The third kappa shape index (κ3) is 3.21. The Bertz CT molecular complexity index is 361. The predicted octanol–water partition coefficient (Wildman–Crippen LogP) is 2.21. The van der Waals surface area contributed by atoms with Gasteiger partial charge in [0.05, 0.1) is 5.57 Å². The molecule has 0 aliphatic carbocycles. The van der Waals surface area contributed by atoms with E-state index in [0.717, 1.165) is 5.56 Å². The SMILES string of the molecule is COC(OC)C(C#N)=Cc1ccccc1. The van der Waals surface area contributed by atoms with Crippen LogP contribution in [0.2, 0.25) is 0 Å². The number of nitrogens with zero attached hydrogens (tertiary/aromatic N) is 1. The van der Waals surface area contributed by atoms with Gasteiger partial charge >= 0.3 is 0 Å². The van der Waals surface area contributed by atoms with Crippen molar-refractivity contribution in [2.45, 2.75) is 6.29 Å². The summed E-state index contributed by atoms with van der Waals surface area (Å²) in [6, 6.07) is 11.6. The van der Waals surface area contributed by atoms with Gasteiger partial charge in [-0.2, -0.15) is 5.26 Å². The second kappa shape index (κ2) is 5.97. The van der Waals surface area contributed by atoms with Gasteiger partial charge in [0.1, 0.15) is 6.07 Å². The van der Waals surface area contributed by atoms with Crippen LogP contribution in [0.3, 0.4) is 0 Å². The van der Waals surface area contributed by atoms with E-state index < -0.39 is 6.29 Å². The van der Waals surface area contributed by atoms with Gasteiger partial charge in [0, 0.05) is 14.2 Å². The van der Waals surface area contributed by atoms with Gasteiger partial charge in [-0.25, -0.2) is 0 Å². The first-order valence-electron chi connectivity index (χ1n) is 4.54. The molecule has 3 heteroatoms. The van der Waals surface area contributed by atoms with Gasteiger partial charge in [0.2, 0.25) is 0 Å². The van der Waals surface area contributed by atoms with Crippen LogP contribution < -0.4 is 0 Å². The summed E-state index contributed by atoms with van der Waals surface area (Å²) in [6.45, 7) is 0. The number of methoxy groups -OCH3 is 2. The van der Waals surface area contributed by atoms with Gasteiger partial charge in [-0.1, -0.05) is 30.3 Å². The van der Waals surface area contributed by atoms with Crippen LogP contribution in [0.1, 0.15) is 5.56 Å². The first-order chi connectivity index (χ1) is 7.31. The molecule has 0 amide bonds. The molecule has 0 unspecified atom stereocenters. The van der Waals surface area contributed by atoms with E-state index in [4.69, 9.17) is 14.7 Å². The van der Waals surface area contributed by atoms with Gasteiger partial charge in [-0.3, -0.25) is 0 Å². The monoisotopic (exact) mass is 203 g/mol. The summed E-state index contributed by atoms with van der Waals surface area (Å²) in [5.74, 6) is 0. The van der Waals surface area contributed by atoms with Gasteiger partial charge in [0.25, 0.3) is 0 Å². The van der Waals surface area contributed by atoms with E-state index in [2.05, 4.69) is 6.07 Å². The Balaban J connectivity index is 2.93. The van der Waals surface area contributed by atoms with E-state index in [1.807, 2.05) is 30.3 Å². The number of ether oxygens (including phenoxy) is 2. The molecule has 0 fully saturated rings. The highest BCUT2D eigenvalue weighted by Gasteiger charge is 2.11. The van der Waals surface area contributed by atoms with Crippen molar-refractivity contribution in [3.05, 3.63) is 41.5 Å². The molecule has 0 atom stereocenters. The van der Waals surface area contributed by atoms with Crippen molar-refractivity contribution >= 4 is 6.08 Å². The molecule has 1 rings (SSSR count). The van der Waals surface area contributed by atoms with Gasteiger partial charge in [0.15, 0.2) is 6.29 Å². The van der Waals surface area contributed by atoms with Crippen LogP contribution in [0.25, 0.3) is 6.08 Å². The highest BCUT2D eigenvalue weighted by molar-refractivity contribution is 5.57. The fourth-order valence-electron chi connectivity index (χ4n) is 1.23. The third-order valence-electron chi connectivity index (χ3n) is 1.93.